The number of hydrogen-bond acceptors (Lipinski definition) is 5. The number of aryl methyl sites for hydroxylation is 1. The first-order valence-electron chi connectivity index (χ1n) is 5.96. The lowest BCUT2D eigenvalue weighted by Gasteiger charge is -2.13. The molecule has 2 aromatic rings. The van der Waals surface area contributed by atoms with Crippen molar-refractivity contribution in [2.75, 3.05) is 16.8 Å². The number of nitrogen functional groups attached to an aromatic ring is 2. The molecule has 0 amide bonds. The highest BCUT2D eigenvalue weighted by molar-refractivity contribution is 7.11. The van der Waals surface area contributed by atoms with E-state index in [-0.39, 0.29) is 6.04 Å². The van der Waals surface area contributed by atoms with Gasteiger partial charge in [0.2, 0.25) is 0 Å². The van der Waals surface area contributed by atoms with Gasteiger partial charge in [-0.25, -0.2) is 4.98 Å². The minimum Gasteiger partial charge on any atom is -0.397 e. The second-order valence-corrected chi connectivity index (χ2v) is 5.37. The van der Waals surface area contributed by atoms with Gasteiger partial charge < -0.3 is 16.8 Å². The number of nitrogens with two attached hydrogens (primary N) is 2. The molecule has 4 nitrogen and oxygen atoms in total. The molecule has 0 bridgehead atoms. The van der Waals surface area contributed by atoms with Crippen molar-refractivity contribution >= 4 is 28.4 Å². The predicted molar refractivity (Wildman–Crippen MR) is 78.8 cm³/mol. The number of rotatable bonds is 4. The quantitative estimate of drug-likeness (QED) is 0.740. The van der Waals surface area contributed by atoms with Gasteiger partial charge in [-0.1, -0.05) is 6.92 Å². The van der Waals surface area contributed by atoms with Crippen molar-refractivity contribution in [3.05, 3.63) is 34.3 Å². The molecule has 0 spiro atoms. The van der Waals surface area contributed by atoms with Crippen molar-refractivity contribution in [3.8, 4) is 0 Å². The van der Waals surface area contributed by atoms with Crippen LogP contribution in [0.25, 0.3) is 0 Å². The molecule has 0 saturated carbocycles. The number of anilines is 3. The molecule has 0 saturated heterocycles. The predicted octanol–water partition coefficient (Wildman–Crippen LogP) is 3.04. The number of aromatic nitrogens is 1. The average Bonchev–Trinajstić information content (AvgIpc) is 2.82. The molecule has 1 heterocycles. The molecule has 0 aliphatic heterocycles. The average molecular weight is 262 g/mol. The summed E-state index contributed by atoms with van der Waals surface area (Å²) < 4.78 is 0. The van der Waals surface area contributed by atoms with Crippen LogP contribution < -0.4 is 16.8 Å². The van der Waals surface area contributed by atoms with Gasteiger partial charge >= 0.3 is 0 Å². The molecule has 0 aliphatic carbocycles. The molecular formula is C13H18N4S. The minimum absolute atomic E-state index is 0.165. The summed E-state index contributed by atoms with van der Waals surface area (Å²) in [7, 11) is 0. The summed E-state index contributed by atoms with van der Waals surface area (Å²) in [6.07, 6.45) is 2.97. The number of hydrogen-bond donors (Lipinski definition) is 3. The molecule has 2 rings (SSSR count). The van der Waals surface area contributed by atoms with Crippen molar-refractivity contribution in [3.63, 3.8) is 0 Å². The van der Waals surface area contributed by atoms with Crippen LogP contribution in [0.3, 0.4) is 0 Å². The normalized spacial score (nSPS) is 12.3. The van der Waals surface area contributed by atoms with Gasteiger partial charge in [-0.2, -0.15) is 0 Å². The van der Waals surface area contributed by atoms with Gasteiger partial charge in [-0.3, -0.25) is 0 Å². The number of benzene rings is 1. The monoisotopic (exact) mass is 262 g/mol. The Bertz CT molecular complexity index is 536. The first-order chi connectivity index (χ1) is 8.60. The topological polar surface area (TPSA) is 77.0 Å². The zero-order chi connectivity index (χ0) is 13.1. The van der Waals surface area contributed by atoms with Crippen LogP contribution in [0.2, 0.25) is 0 Å². The molecule has 1 aromatic heterocycles. The van der Waals surface area contributed by atoms with Crippen LogP contribution in [0.5, 0.6) is 0 Å². The molecule has 96 valence electrons. The van der Waals surface area contributed by atoms with Crippen LogP contribution in [0.1, 0.15) is 29.8 Å². The molecule has 5 N–H and O–H groups in total. The lowest BCUT2D eigenvalue weighted by Crippen LogP contribution is -2.06. The summed E-state index contributed by atoms with van der Waals surface area (Å²) in [4.78, 5) is 5.72. The summed E-state index contributed by atoms with van der Waals surface area (Å²) in [5.74, 6) is 0. The van der Waals surface area contributed by atoms with Crippen LogP contribution in [-0.4, -0.2) is 4.98 Å². The maximum atomic E-state index is 5.78. The summed E-state index contributed by atoms with van der Waals surface area (Å²) in [6.45, 7) is 4.22. The fourth-order valence-electron chi connectivity index (χ4n) is 1.66. The van der Waals surface area contributed by atoms with E-state index in [4.69, 9.17) is 11.5 Å². The van der Waals surface area contributed by atoms with Crippen LogP contribution in [0.15, 0.2) is 24.4 Å². The van der Waals surface area contributed by atoms with Crippen molar-refractivity contribution in [2.45, 2.75) is 26.3 Å². The van der Waals surface area contributed by atoms with Crippen molar-refractivity contribution in [1.29, 1.82) is 0 Å². The van der Waals surface area contributed by atoms with Crippen molar-refractivity contribution in [1.82, 2.24) is 4.98 Å². The van der Waals surface area contributed by atoms with E-state index < -0.39 is 0 Å². The Hall–Kier alpha value is -1.75. The molecule has 0 radical (unpaired) electrons. The maximum absolute atomic E-state index is 5.78. The summed E-state index contributed by atoms with van der Waals surface area (Å²) in [5, 5.41) is 4.46. The van der Waals surface area contributed by atoms with Crippen molar-refractivity contribution < 1.29 is 0 Å². The van der Waals surface area contributed by atoms with Gasteiger partial charge in [-0.05, 0) is 31.5 Å². The van der Waals surface area contributed by atoms with E-state index in [2.05, 4.69) is 24.1 Å². The highest BCUT2D eigenvalue weighted by Gasteiger charge is 2.10. The van der Waals surface area contributed by atoms with Gasteiger partial charge in [0, 0.05) is 16.8 Å². The van der Waals surface area contributed by atoms with Crippen LogP contribution in [0.4, 0.5) is 17.1 Å². The first-order valence-corrected chi connectivity index (χ1v) is 6.78. The van der Waals surface area contributed by atoms with Crippen LogP contribution in [0, 0.1) is 0 Å². The third-order valence-electron chi connectivity index (χ3n) is 2.76. The Kier molecular flexibility index (Phi) is 3.72. The van der Waals surface area contributed by atoms with E-state index in [1.165, 1.54) is 4.88 Å². The molecule has 0 fully saturated rings. The smallest absolute Gasteiger partial charge is 0.115 e. The Labute approximate surface area is 111 Å². The van der Waals surface area contributed by atoms with E-state index in [1.54, 1.807) is 11.3 Å². The Morgan fingerprint density at radius 2 is 2.11 bits per heavy atom. The molecule has 18 heavy (non-hydrogen) atoms. The summed E-state index contributed by atoms with van der Waals surface area (Å²) in [6, 6.07) is 5.75. The van der Waals surface area contributed by atoms with E-state index in [0.717, 1.165) is 17.1 Å². The molecule has 1 atom stereocenters. The number of nitrogens with one attached hydrogen (secondary N) is 1. The van der Waals surface area contributed by atoms with Crippen molar-refractivity contribution in [2.24, 2.45) is 0 Å². The zero-order valence-corrected chi connectivity index (χ0v) is 11.4. The molecule has 0 aliphatic rings. The molecule has 1 unspecified atom stereocenters. The van der Waals surface area contributed by atoms with Gasteiger partial charge in [0.25, 0.3) is 0 Å². The van der Waals surface area contributed by atoms with E-state index >= 15 is 0 Å². The SMILES string of the molecule is CCc1cnc(C(C)Nc2ccc(N)c(N)c2)s1. The highest BCUT2D eigenvalue weighted by atomic mass is 32.1. The second-order valence-electron chi connectivity index (χ2n) is 4.23. The highest BCUT2D eigenvalue weighted by Crippen LogP contribution is 2.26. The third-order valence-corrected chi connectivity index (χ3v) is 4.08. The minimum atomic E-state index is 0.165. The molecular weight excluding hydrogens is 244 g/mol. The maximum Gasteiger partial charge on any atom is 0.115 e. The summed E-state index contributed by atoms with van der Waals surface area (Å²) in [5.41, 5.74) is 13.6. The largest absolute Gasteiger partial charge is 0.397 e. The zero-order valence-electron chi connectivity index (χ0n) is 10.6. The lowest BCUT2D eigenvalue weighted by atomic mass is 10.2. The first kappa shape index (κ1) is 12.7. The second kappa shape index (κ2) is 5.27. The van der Waals surface area contributed by atoms with E-state index in [1.807, 2.05) is 24.4 Å². The lowest BCUT2D eigenvalue weighted by molar-refractivity contribution is 0.870. The van der Waals surface area contributed by atoms with Crippen LogP contribution >= 0.6 is 11.3 Å². The Balaban J connectivity index is 2.10. The van der Waals surface area contributed by atoms with Gasteiger partial charge in [-0.15, -0.1) is 11.3 Å². The fourth-order valence-corrected chi connectivity index (χ4v) is 2.52. The number of nitrogens with zero attached hydrogens (tertiary/aromatic N) is 1. The Morgan fingerprint density at radius 3 is 2.72 bits per heavy atom. The molecule has 1 aromatic carbocycles. The Morgan fingerprint density at radius 1 is 1.33 bits per heavy atom. The fraction of sp³-hybridized carbons (Fsp3) is 0.308. The van der Waals surface area contributed by atoms with Gasteiger partial charge in [0.15, 0.2) is 0 Å². The van der Waals surface area contributed by atoms with Gasteiger partial charge in [0.1, 0.15) is 5.01 Å². The van der Waals surface area contributed by atoms with E-state index in [0.29, 0.717) is 11.4 Å². The van der Waals surface area contributed by atoms with Gasteiger partial charge in [0.05, 0.1) is 17.4 Å². The molecule has 5 heteroatoms. The standard InChI is InChI=1S/C13H18N4S/c1-3-10-7-16-13(18-10)8(2)17-9-4-5-11(14)12(15)6-9/h4-8,17H,3,14-15H2,1-2H3. The number of thiazole rings is 1. The van der Waals surface area contributed by atoms with Crippen LogP contribution in [-0.2, 0) is 6.42 Å². The summed E-state index contributed by atoms with van der Waals surface area (Å²) >= 11 is 1.74. The van der Waals surface area contributed by atoms with E-state index in [9.17, 15) is 0 Å². The third kappa shape index (κ3) is 2.73.